The van der Waals surface area contributed by atoms with Gasteiger partial charge in [0.1, 0.15) is 11.6 Å². The van der Waals surface area contributed by atoms with Crippen molar-refractivity contribution in [2.45, 2.75) is 13.1 Å². The second-order valence-electron chi connectivity index (χ2n) is 4.10. The summed E-state index contributed by atoms with van der Waals surface area (Å²) in [6.45, 7) is 1.49. The van der Waals surface area contributed by atoms with Gasteiger partial charge in [-0.05, 0) is 41.2 Å². The Bertz CT molecular complexity index is 499. The first kappa shape index (κ1) is 13.1. The molecule has 0 bridgehead atoms. The van der Waals surface area contributed by atoms with Crippen LogP contribution in [-0.2, 0) is 13.1 Å². The van der Waals surface area contributed by atoms with Gasteiger partial charge in [-0.1, -0.05) is 0 Å². The van der Waals surface area contributed by atoms with Crippen molar-refractivity contribution in [2.75, 3.05) is 19.0 Å². The predicted octanol–water partition coefficient (Wildman–Crippen LogP) is 2.79. The normalized spacial score (nSPS) is 10.6. The molecule has 0 aromatic carbocycles. The van der Waals surface area contributed by atoms with Crippen molar-refractivity contribution < 1.29 is 4.42 Å². The largest absolute Gasteiger partial charge is 0.467 e. The first-order valence-electron chi connectivity index (χ1n) is 5.73. The summed E-state index contributed by atoms with van der Waals surface area (Å²) >= 11 is 3.45. The van der Waals surface area contributed by atoms with Gasteiger partial charge in [-0.25, -0.2) is 4.98 Å². The Hall–Kier alpha value is -1.33. The number of aromatic nitrogens is 1. The lowest BCUT2D eigenvalue weighted by Crippen LogP contribution is -2.20. The molecule has 0 fully saturated rings. The molecule has 0 amide bonds. The van der Waals surface area contributed by atoms with E-state index in [9.17, 15) is 0 Å². The Kier molecular flexibility index (Phi) is 4.38. The first-order chi connectivity index (χ1) is 8.70. The van der Waals surface area contributed by atoms with Gasteiger partial charge < -0.3 is 14.6 Å². The van der Waals surface area contributed by atoms with E-state index in [4.69, 9.17) is 4.42 Å². The summed E-state index contributed by atoms with van der Waals surface area (Å²) in [5.41, 5.74) is 1.15. The van der Waals surface area contributed by atoms with Gasteiger partial charge >= 0.3 is 0 Å². The van der Waals surface area contributed by atoms with Crippen LogP contribution in [0.5, 0.6) is 0 Å². The SMILES string of the molecule is CNCc1cc(Br)cnc1N(C)Cc1ccco1. The minimum absolute atomic E-state index is 0.707. The lowest BCUT2D eigenvalue weighted by atomic mass is 10.2. The molecule has 18 heavy (non-hydrogen) atoms. The molecule has 96 valence electrons. The predicted molar refractivity (Wildman–Crippen MR) is 75.5 cm³/mol. The average molecular weight is 310 g/mol. The highest BCUT2D eigenvalue weighted by Crippen LogP contribution is 2.22. The second-order valence-corrected chi connectivity index (χ2v) is 5.02. The maximum atomic E-state index is 5.35. The molecule has 4 nitrogen and oxygen atoms in total. The second kappa shape index (κ2) is 6.02. The van der Waals surface area contributed by atoms with Gasteiger partial charge in [0.2, 0.25) is 0 Å². The van der Waals surface area contributed by atoms with Crippen molar-refractivity contribution in [3.05, 3.63) is 46.5 Å². The Morgan fingerprint density at radius 1 is 1.50 bits per heavy atom. The van der Waals surface area contributed by atoms with Crippen molar-refractivity contribution in [3.63, 3.8) is 0 Å². The van der Waals surface area contributed by atoms with Crippen LogP contribution < -0.4 is 10.2 Å². The molecule has 5 heteroatoms. The molecule has 2 aromatic rings. The summed E-state index contributed by atoms with van der Waals surface area (Å²) in [5.74, 6) is 1.89. The van der Waals surface area contributed by atoms with Gasteiger partial charge in [0.15, 0.2) is 0 Å². The highest BCUT2D eigenvalue weighted by molar-refractivity contribution is 9.10. The van der Waals surface area contributed by atoms with E-state index in [1.165, 1.54) is 0 Å². The molecule has 0 aliphatic carbocycles. The van der Waals surface area contributed by atoms with E-state index < -0.39 is 0 Å². The van der Waals surface area contributed by atoms with Crippen LogP contribution in [0, 0.1) is 0 Å². The zero-order chi connectivity index (χ0) is 13.0. The molecule has 0 spiro atoms. The van der Waals surface area contributed by atoms with Crippen LogP contribution in [0.4, 0.5) is 5.82 Å². The summed E-state index contributed by atoms with van der Waals surface area (Å²) in [6.07, 6.45) is 3.50. The van der Waals surface area contributed by atoms with Crippen molar-refractivity contribution >= 4 is 21.7 Å². The van der Waals surface area contributed by atoms with Crippen LogP contribution >= 0.6 is 15.9 Å². The van der Waals surface area contributed by atoms with E-state index in [0.29, 0.717) is 6.54 Å². The topological polar surface area (TPSA) is 41.3 Å². The lowest BCUT2D eigenvalue weighted by molar-refractivity contribution is 0.506. The van der Waals surface area contributed by atoms with E-state index in [0.717, 1.165) is 28.2 Å². The number of hydrogen-bond donors (Lipinski definition) is 1. The average Bonchev–Trinajstić information content (AvgIpc) is 2.82. The fourth-order valence-electron chi connectivity index (χ4n) is 1.85. The minimum atomic E-state index is 0.707. The van der Waals surface area contributed by atoms with Crippen LogP contribution in [0.25, 0.3) is 0 Å². The maximum absolute atomic E-state index is 5.35. The Morgan fingerprint density at radius 2 is 2.33 bits per heavy atom. The fourth-order valence-corrected chi connectivity index (χ4v) is 2.23. The molecule has 2 rings (SSSR count). The van der Waals surface area contributed by atoms with Gasteiger partial charge in [0.25, 0.3) is 0 Å². The van der Waals surface area contributed by atoms with Gasteiger partial charge in [-0.15, -0.1) is 0 Å². The number of rotatable bonds is 5. The zero-order valence-corrected chi connectivity index (χ0v) is 12.1. The van der Waals surface area contributed by atoms with Crippen LogP contribution in [-0.4, -0.2) is 19.1 Å². The molecule has 0 atom stereocenters. The Labute approximate surface area is 115 Å². The van der Waals surface area contributed by atoms with Gasteiger partial charge in [0, 0.05) is 29.8 Å². The third kappa shape index (κ3) is 3.11. The van der Waals surface area contributed by atoms with Crippen LogP contribution in [0.2, 0.25) is 0 Å². The quantitative estimate of drug-likeness (QED) is 0.922. The lowest BCUT2D eigenvalue weighted by Gasteiger charge is -2.20. The number of nitrogens with zero attached hydrogens (tertiary/aromatic N) is 2. The molecule has 0 aliphatic heterocycles. The Balaban J connectivity index is 2.20. The monoisotopic (exact) mass is 309 g/mol. The highest BCUT2D eigenvalue weighted by atomic mass is 79.9. The number of hydrogen-bond acceptors (Lipinski definition) is 4. The van der Waals surface area contributed by atoms with E-state index in [1.54, 1.807) is 6.26 Å². The number of anilines is 1. The standard InChI is InChI=1S/C13H16BrN3O/c1-15-7-10-6-11(14)8-16-13(10)17(2)9-12-4-3-5-18-12/h3-6,8,15H,7,9H2,1-2H3. The van der Waals surface area contributed by atoms with Crippen LogP contribution in [0.1, 0.15) is 11.3 Å². The van der Waals surface area contributed by atoms with Crippen LogP contribution in [0.3, 0.4) is 0 Å². The third-order valence-corrected chi connectivity index (χ3v) is 3.05. The van der Waals surface area contributed by atoms with Crippen LogP contribution in [0.15, 0.2) is 39.5 Å². The third-order valence-electron chi connectivity index (χ3n) is 2.61. The highest BCUT2D eigenvalue weighted by Gasteiger charge is 2.11. The first-order valence-corrected chi connectivity index (χ1v) is 6.52. The van der Waals surface area contributed by atoms with E-state index in [1.807, 2.05) is 32.4 Å². The molecular weight excluding hydrogens is 294 g/mol. The number of furan rings is 1. The zero-order valence-electron chi connectivity index (χ0n) is 10.5. The number of pyridine rings is 1. The van der Waals surface area contributed by atoms with Gasteiger partial charge in [-0.2, -0.15) is 0 Å². The number of halogens is 1. The summed E-state index contributed by atoms with van der Waals surface area (Å²) in [7, 11) is 3.94. The van der Waals surface area contributed by atoms with Crippen molar-refractivity contribution in [3.8, 4) is 0 Å². The van der Waals surface area contributed by atoms with E-state index >= 15 is 0 Å². The summed E-state index contributed by atoms with van der Waals surface area (Å²) in [5, 5.41) is 3.15. The molecule has 0 saturated carbocycles. The minimum Gasteiger partial charge on any atom is -0.467 e. The maximum Gasteiger partial charge on any atom is 0.133 e. The molecule has 2 aromatic heterocycles. The summed E-state index contributed by atoms with van der Waals surface area (Å²) < 4.78 is 6.34. The van der Waals surface area contributed by atoms with Crippen molar-refractivity contribution in [1.82, 2.24) is 10.3 Å². The molecule has 0 radical (unpaired) electrons. The molecule has 2 heterocycles. The molecular formula is C13H16BrN3O. The molecule has 1 N–H and O–H groups in total. The fraction of sp³-hybridized carbons (Fsp3) is 0.308. The van der Waals surface area contributed by atoms with Gasteiger partial charge in [0.05, 0.1) is 12.8 Å². The number of nitrogens with one attached hydrogen (secondary N) is 1. The molecule has 0 unspecified atom stereocenters. The molecule has 0 saturated heterocycles. The van der Waals surface area contributed by atoms with E-state index in [-0.39, 0.29) is 0 Å². The molecule has 0 aliphatic rings. The van der Waals surface area contributed by atoms with E-state index in [2.05, 4.69) is 37.2 Å². The Morgan fingerprint density at radius 3 is 3.00 bits per heavy atom. The summed E-state index contributed by atoms with van der Waals surface area (Å²) in [4.78, 5) is 6.56. The van der Waals surface area contributed by atoms with Crippen molar-refractivity contribution in [1.29, 1.82) is 0 Å². The smallest absolute Gasteiger partial charge is 0.133 e. The van der Waals surface area contributed by atoms with Gasteiger partial charge in [-0.3, -0.25) is 0 Å². The van der Waals surface area contributed by atoms with Crippen molar-refractivity contribution in [2.24, 2.45) is 0 Å². The summed E-state index contributed by atoms with van der Waals surface area (Å²) in [6, 6.07) is 5.94.